The van der Waals surface area contributed by atoms with Crippen LogP contribution in [0.25, 0.3) is 0 Å². The molecule has 1 heterocycles. The van der Waals surface area contributed by atoms with Crippen molar-refractivity contribution in [3.05, 3.63) is 18.0 Å². The summed E-state index contributed by atoms with van der Waals surface area (Å²) in [5, 5.41) is 8.42. The largest absolute Gasteiger partial charge is 0.312 e. The van der Waals surface area contributed by atoms with E-state index in [0.29, 0.717) is 5.92 Å². The Morgan fingerprint density at radius 3 is 2.67 bits per heavy atom. The van der Waals surface area contributed by atoms with Crippen molar-refractivity contribution in [2.75, 3.05) is 6.54 Å². The van der Waals surface area contributed by atoms with Crippen molar-refractivity contribution >= 4 is 0 Å². The summed E-state index contributed by atoms with van der Waals surface area (Å²) < 4.78 is 1.95. The average molecular weight is 291 g/mol. The monoisotopic (exact) mass is 291 g/mol. The molecule has 120 valence electrons. The highest BCUT2D eigenvalue weighted by Crippen LogP contribution is 2.41. The molecule has 1 fully saturated rings. The number of hydrogen-bond acceptors (Lipinski definition) is 2. The van der Waals surface area contributed by atoms with Crippen LogP contribution in [-0.4, -0.2) is 21.9 Å². The first-order valence-corrected chi connectivity index (χ1v) is 8.63. The molecule has 1 N–H and O–H groups in total. The van der Waals surface area contributed by atoms with E-state index < -0.39 is 0 Å². The number of rotatable bonds is 5. The van der Waals surface area contributed by atoms with Crippen LogP contribution in [-0.2, 0) is 7.05 Å². The van der Waals surface area contributed by atoms with Gasteiger partial charge < -0.3 is 5.32 Å². The van der Waals surface area contributed by atoms with Gasteiger partial charge in [-0.15, -0.1) is 0 Å². The lowest BCUT2D eigenvalue weighted by Gasteiger charge is -2.37. The second kappa shape index (κ2) is 6.95. The van der Waals surface area contributed by atoms with Crippen LogP contribution in [0.2, 0.25) is 0 Å². The van der Waals surface area contributed by atoms with Gasteiger partial charge in [-0.3, -0.25) is 4.68 Å². The van der Waals surface area contributed by atoms with Crippen molar-refractivity contribution in [2.24, 2.45) is 18.9 Å². The molecule has 0 amide bonds. The van der Waals surface area contributed by atoms with Crippen molar-refractivity contribution in [3.8, 4) is 0 Å². The average Bonchev–Trinajstić information content (AvgIpc) is 2.83. The van der Waals surface area contributed by atoms with E-state index >= 15 is 0 Å². The highest BCUT2D eigenvalue weighted by atomic mass is 15.2. The van der Waals surface area contributed by atoms with Gasteiger partial charge in [-0.25, -0.2) is 0 Å². The van der Waals surface area contributed by atoms with Crippen LogP contribution >= 0.6 is 0 Å². The zero-order valence-electron chi connectivity index (χ0n) is 14.5. The fraction of sp³-hybridized carbons (Fsp3) is 0.833. The van der Waals surface area contributed by atoms with E-state index in [9.17, 15) is 0 Å². The Balaban J connectivity index is 2.06. The maximum absolute atomic E-state index is 4.71. The number of aromatic nitrogens is 2. The Morgan fingerprint density at radius 1 is 1.33 bits per heavy atom. The molecule has 0 aromatic carbocycles. The predicted molar refractivity (Wildman–Crippen MR) is 89.4 cm³/mol. The lowest BCUT2D eigenvalue weighted by Crippen LogP contribution is -2.41. The van der Waals surface area contributed by atoms with Crippen LogP contribution in [0.15, 0.2) is 12.3 Å². The molecule has 0 bridgehead atoms. The molecule has 1 aromatic rings. The first-order chi connectivity index (χ1) is 9.89. The van der Waals surface area contributed by atoms with Crippen LogP contribution in [0.3, 0.4) is 0 Å². The summed E-state index contributed by atoms with van der Waals surface area (Å²) in [5.74, 6) is 2.26. The van der Waals surface area contributed by atoms with Crippen molar-refractivity contribution in [2.45, 2.75) is 71.3 Å². The van der Waals surface area contributed by atoms with E-state index in [1.54, 1.807) is 0 Å². The number of nitrogens with zero attached hydrogens (tertiary/aromatic N) is 2. The molecule has 1 aliphatic rings. The van der Waals surface area contributed by atoms with Gasteiger partial charge in [0, 0.05) is 24.7 Å². The van der Waals surface area contributed by atoms with E-state index in [4.69, 9.17) is 5.10 Å². The van der Waals surface area contributed by atoms with Crippen LogP contribution in [0.5, 0.6) is 0 Å². The van der Waals surface area contributed by atoms with E-state index in [2.05, 4.69) is 45.3 Å². The van der Waals surface area contributed by atoms with Crippen LogP contribution in [0.4, 0.5) is 0 Å². The molecule has 0 spiro atoms. The van der Waals surface area contributed by atoms with Gasteiger partial charge in [0.05, 0.1) is 5.69 Å². The van der Waals surface area contributed by atoms with Crippen molar-refractivity contribution in [3.63, 3.8) is 0 Å². The third-order valence-corrected chi connectivity index (χ3v) is 4.81. The number of aryl methyl sites for hydroxylation is 1. The van der Waals surface area contributed by atoms with Gasteiger partial charge in [0.25, 0.3) is 0 Å². The molecule has 3 atom stereocenters. The number of hydrogen-bond donors (Lipinski definition) is 1. The van der Waals surface area contributed by atoms with Gasteiger partial charge in [0.15, 0.2) is 0 Å². The SMILES string of the molecule is CCCC1CCC(CNC(C)(C)C)C(c2ccn(C)n2)C1. The first kappa shape index (κ1) is 16.5. The first-order valence-electron chi connectivity index (χ1n) is 8.63. The molecule has 1 aromatic heterocycles. The van der Waals surface area contributed by atoms with Gasteiger partial charge in [-0.1, -0.05) is 26.2 Å². The summed E-state index contributed by atoms with van der Waals surface area (Å²) >= 11 is 0. The van der Waals surface area contributed by atoms with Crippen molar-refractivity contribution in [1.82, 2.24) is 15.1 Å². The molecule has 0 saturated heterocycles. The zero-order chi connectivity index (χ0) is 15.5. The standard InChI is InChI=1S/C18H33N3/c1-6-7-14-8-9-15(13-19-18(2,3)4)16(12-14)17-10-11-21(5)20-17/h10-11,14-16,19H,6-9,12-13H2,1-5H3. The van der Waals surface area contributed by atoms with E-state index in [0.717, 1.165) is 18.4 Å². The lowest BCUT2D eigenvalue weighted by atomic mass is 9.71. The molecule has 1 aliphatic carbocycles. The third kappa shape index (κ3) is 4.84. The summed E-state index contributed by atoms with van der Waals surface area (Å²) in [6, 6.07) is 2.23. The Hall–Kier alpha value is -0.830. The van der Waals surface area contributed by atoms with E-state index in [1.165, 1.54) is 37.8 Å². The lowest BCUT2D eigenvalue weighted by molar-refractivity contribution is 0.206. The normalized spacial score (nSPS) is 27.0. The molecule has 3 heteroatoms. The summed E-state index contributed by atoms with van der Waals surface area (Å²) in [6.07, 6.45) is 8.84. The maximum atomic E-state index is 4.71. The molecular weight excluding hydrogens is 258 g/mol. The summed E-state index contributed by atoms with van der Waals surface area (Å²) in [5.41, 5.74) is 1.51. The van der Waals surface area contributed by atoms with Crippen LogP contribution in [0, 0.1) is 11.8 Å². The topological polar surface area (TPSA) is 29.9 Å². The van der Waals surface area contributed by atoms with Gasteiger partial charge in [-0.05, 0) is 58.1 Å². The zero-order valence-corrected chi connectivity index (χ0v) is 14.5. The van der Waals surface area contributed by atoms with Crippen LogP contribution in [0.1, 0.15) is 71.4 Å². The number of nitrogens with one attached hydrogen (secondary N) is 1. The Labute approximate surface area is 130 Å². The third-order valence-electron chi connectivity index (χ3n) is 4.81. The van der Waals surface area contributed by atoms with E-state index in [1.807, 2.05) is 11.7 Å². The maximum Gasteiger partial charge on any atom is 0.0658 e. The summed E-state index contributed by atoms with van der Waals surface area (Å²) in [4.78, 5) is 0. The second-order valence-electron chi connectivity index (χ2n) is 7.88. The summed E-state index contributed by atoms with van der Waals surface area (Å²) in [6.45, 7) is 10.2. The van der Waals surface area contributed by atoms with Gasteiger partial charge in [0.1, 0.15) is 0 Å². The molecular formula is C18H33N3. The molecule has 1 saturated carbocycles. The fourth-order valence-corrected chi connectivity index (χ4v) is 3.67. The van der Waals surface area contributed by atoms with Crippen LogP contribution < -0.4 is 5.32 Å². The Morgan fingerprint density at radius 2 is 2.10 bits per heavy atom. The molecule has 2 rings (SSSR count). The van der Waals surface area contributed by atoms with Gasteiger partial charge in [0.2, 0.25) is 0 Å². The molecule has 21 heavy (non-hydrogen) atoms. The molecule has 3 nitrogen and oxygen atoms in total. The van der Waals surface area contributed by atoms with Crippen molar-refractivity contribution in [1.29, 1.82) is 0 Å². The molecule has 0 radical (unpaired) electrons. The smallest absolute Gasteiger partial charge is 0.0658 e. The molecule has 3 unspecified atom stereocenters. The van der Waals surface area contributed by atoms with Crippen molar-refractivity contribution < 1.29 is 0 Å². The minimum atomic E-state index is 0.203. The molecule has 0 aliphatic heterocycles. The highest BCUT2D eigenvalue weighted by Gasteiger charge is 2.33. The van der Waals surface area contributed by atoms with Gasteiger partial charge in [-0.2, -0.15) is 5.10 Å². The second-order valence-corrected chi connectivity index (χ2v) is 7.88. The quantitative estimate of drug-likeness (QED) is 0.885. The minimum Gasteiger partial charge on any atom is -0.312 e. The van der Waals surface area contributed by atoms with Gasteiger partial charge >= 0.3 is 0 Å². The fourth-order valence-electron chi connectivity index (χ4n) is 3.67. The minimum absolute atomic E-state index is 0.203. The van der Waals surface area contributed by atoms with E-state index in [-0.39, 0.29) is 5.54 Å². The highest BCUT2D eigenvalue weighted by molar-refractivity contribution is 5.10. The predicted octanol–water partition coefficient (Wildman–Crippen LogP) is 4.11. The Kier molecular flexibility index (Phi) is 5.48. The Bertz CT molecular complexity index is 430. The summed E-state index contributed by atoms with van der Waals surface area (Å²) in [7, 11) is 2.03.